The van der Waals surface area contributed by atoms with Crippen LogP contribution in [0.25, 0.3) is 0 Å². The van der Waals surface area contributed by atoms with Crippen LogP contribution in [-0.2, 0) is 6.42 Å². The van der Waals surface area contributed by atoms with Gasteiger partial charge in [0.1, 0.15) is 0 Å². The van der Waals surface area contributed by atoms with E-state index in [1.165, 1.54) is 7.11 Å². The van der Waals surface area contributed by atoms with Crippen LogP contribution in [-0.4, -0.2) is 7.11 Å². The van der Waals surface area contributed by atoms with Gasteiger partial charge in [0.25, 0.3) is 0 Å². The number of aryl methyl sites for hydroxylation is 1. The van der Waals surface area contributed by atoms with Crippen molar-refractivity contribution in [2.45, 2.75) is 13.3 Å². The molecule has 0 bridgehead atoms. The van der Waals surface area contributed by atoms with Gasteiger partial charge in [-0.3, -0.25) is 0 Å². The van der Waals surface area contributed by atoms with Gasteiger partial charge < -0.3 is 4.74 Å². The third kappa shape index (κ3) is 1.88. The number of rotatable bonds is 2. The van der Waals surface area contributed by atoms with Crippen molar-refractivity contribution in [2.24, 2.45) is 0 Å². The molecule has 14 heavy (non-hydrogen) atoms. The van der Waals surface area contributed by atoms with Crippen molar-refractivity contribution in [3.63, 3.8) is 0 Å². The number of methoxy groups -OCH3 is 1. The van der Waals surface area contributed by atoms with Gasteiger partial charge in [-0.05, 0) is 28.4 Å². The number of benzene rings is 1. The number of halogens is 2. The molecule has 0 heterocycles. The fourth-order valence-electron chi connectivity index (χ4n) is 1.20. The summed E-state index contributed by atoms with van der Waals surface area (Å²) in [6, 6.07) is 3.56. The lowest BCUT2D eigenvalue weighted by atomic mass is 10.1. The van der Waals surface area contributed by atoms with Gasteiger partial charge in [0.15, 0.2) is 11.6 Å². The number of nitrogens with zero attached hydrogens (tertiary/aromatic N) is 1. The molecule has 0 amide bonds. The minimum absolute atomic E-state index is 0.0519. The number of ether oxygens (including phenoxy) is 1. The highest BCUT2D eigenvalue weighted by atomic mass is 79.9. The summed E-state index contributed by atoms with van der Waals surface area (Å²) in [5.41, 5.74) is 1.22. The van der Waals surface area contributed by atoms with Crippen LogP contribution in [0.2, 0.25) is 0 Å². The largest absolute Gasteiger partial charge is 0.492 e. The Morgan fingerprint density at radius 1 is 1.64 bits per heavy atom. The molecule has 2 nitrogen and oxygen atoms in total. The minimum atomic E-state index is -0.466. The predicted octanol–water partition coefficient (Wildman–Crippen LogP) is 2.97. The van der Waals surface area contributed by atoms with E-state index in [0.717, 1.165) is 5.56 Å². The molecule has 0 fully saturated rings. The highest BCUT2D eigenvalue weighted by Gasteiger charge is 2.14. The molecule has 0 aliphatic carbocycles. The maximum Gasteiger partial charge on any atom is 0.170 e. The summed E-state index contributed by atoms with van der Waals surface area (Å²) in [6.07, 6.45) is 0.0519. The lowest BCUT2D eigenvalue weighted by molar-refractivity contribution is 0.381. The molecule has 0 N–H and O–H groups in total. The van der Waals surface area contributed by atoms with E-state index in [0.29, 0.717) is 10.0 Å². The van der Waals surface area contributed by atoms with Gasteiger partial charge in [-0.2, -0.15) is 5.26 Å². The van der Waals surface area contributed by atoms with Gasteiger partial charge in [-0.15, -0.1) is 0 Å². The van der Waals surface area contributed by atoms with Crippen molar-refractivity contribution in [3.05, 3.63) is 27.5 Å². The zero-order chi connectivity index (χ0) is 10.7. The standard InChI is InChI=1S/C10H9BrFNO/c1-6-5-7(3-4-13)9(12)10(14-2)8(6)11/h5H,3H2,1-2H3. The fraction of sp³-hybridized carbons (Fsp3) is 0.300. The molecule has 1 rings (SSSR count). The van der Waals surface area contributed by atoms with Crippen LogP contribution in [0.15, 0.2) is 10.5 Å². The molecule has 0 aliphatic heterocycles. The Kier molecular flexibility index (Phi) is 3.48. The summed E-state index contributed by atoms with van der Waals surface area (Å²) in [4.78, 5) is 0. The summed E-state index contributed by atoms with van der Waals surface area (Å²) in [6.45, 7) is 1.83. The lowest BCUT2D eigenvalue weighted by Crippen LogP contribution is -1.97. The first-order valence-electron chi connectivity index (χ1n) is 4.00. The molecule has 1 aromatic rings. The van der Waals surface area contributed by atoms with Gasteiger partial charge in [-0.1, -0.05) is 6.07 Å². The van der Waals surface area contributed by atoms with Crippen LogP contribution >= 0.6 is 15.9 Å². The van der Waals surface area contributed by atoms with Crippen LogP contribution < -0.4 is 4.74 Å². The normalized spacial score (nSPS) is 9.64. The molecule has 0 radical (unpaired) electrons. The van der Waals surface area contributed by atoms with Crippen molar-refractivity contribution >= 4 is 15.9 Å². The Labute approximate surface area is 90.4 Å². The second kappa shape index (κ2) is 4.43. The highest BCUT2D eigenvalue weighted by molar-refractivity contribution is 9.10. The van der Waals surface area contributed by atoms with Gasteiger partial charge in [-0.25, -0.2) is 4.39 Å². The zero-order valence-electron chi connectivity index (χ0n) is 7.90. The molecule has 0 unspecified atom stereocenters. The monoisotopic (exact) mass is 257 g/mol. The molecule has 4 heteroatoms. The molecule has 0 aromatic heterocycles. The molecular formula is C10H9BrFNO. The van der Waals surface area contributed by atoms with E-state index < -0.39 is 5.82 Å². The zero-order valence-corrected chi connectivity index (χ0v) is 9.48. The summed E-state index contributed by atoms with van der Waals surface area (Å²) in [7, 11) is 1.40. The van der Waals surface area contributed by atoms with Crippen molar-refractivity contribution in [3.8, 4) is 11.8 Å². The Bertz CT molecular complexity index is 398. The minimum Gasteiger partial charge on any atom is -0.492 e. The Balaban J connectivity index is 3.36. The van der Waals surface area contributed by atoms with Gasteiger partial charge >= 0.3 is 0 Å². The molecule has 1 aromatic carbocycles. The number of hydrogen-bond acceptors (Lipinski definition) is 2. The van der Waals surface area contributed by atoms with Gasteiger partial charge in [0.05, 0.1) is 24.1 Å². The first kappa shape index (κ1) is 11.0. The van der Waals surface area contributed by atoms with Crippen LogP contribution in [0.3, 0.4) is 0 Å². The van der Waals surface area contributed by atoms with E-state index in [1.807, 2.05) is 13.0 Å². The molecule has 0 saturated heterocycles. The topological polar surface area (TPSA) is 33.0 Å². The fourth-order valence-corrected chi connectivity index (χ4v) is 1.65. The molecular weight excluding hydrogens is 249 g/mol. The summed E-state index contributed by atoms with van der Waals surface area (Å²) < 4.78 is 19.1. The second-order valence-electron chi connectivity index (χ2n) is 2.85. The number of hydrogen-bond donors (Lipinski definition) is 0. The van der Waals surface area contributed by atoms with Crippen LogP contribution in [0, 0.1) is 24.1 Å². The van der Waals surface area contributed by atoms with Crippen molar-refractivity contribution in [1.29, 1.82) is 5.26 Å². The summed E-state index contributed by atoms with van der Waals surface area (Å²) in [5, 5.41) is 8.50. The van der Waals surface area contributed by atoms with E-state index in [1.54, 1.807) is 6.07 Å². The molecule has 0 saturated carbocycles. The molecule has 0 atom stereocenters. The third-order valence-corrected chi connectivity index (χ3v) is 2.88. The quantitative estimate of drug-likeness (QED) is 0.816. The maximum absolute atomic E-state index is 13.6. The predicted molar refractivity (Wildman–Crippen MR) is 54.7 cm³/mol. The number of nitriles is 1. The lowest BCUT2D eigenvalue weighted by Gasteiger charge is -2.10. The van der Waals surface area contributed by atoms with E-state index in [-0.39, 0.29) is 12.2 Å². The molecule has 74 valence electrons. The van der Waals surface area contributed by atoms with Crippen LogP contribution in [0.4, 0.5) is 4.39 Å². The maximum atomic E-state index is 13.6. The van der Waals surface area contributed by atoms with E-state index in [2.05, 4.69) is 15.9 Å². The highest BCUT2D eigenvalue weighted by Crippen LogP contribution is 2.33. The van der Waals surface area contributed by atoms with Gasteiger partial charge in [0, 0.05) is 5.56 Å². The smallest absolute Gasteiger partial charge is 0.170 e. The summed E-state index contributed by atoms with van der Waals surface area (Å²) >= 11 is 3.23. The average molecular weight is 258 g/mol. The average Bonchev–Trinajstić information content (AvgIpc) is 2.16. The van der Waals surface area contributed by atoms with Crippen LogP contribution in [0.1, 0.15) is 11.1 Å². The Morgan fingerprint density at radius 2 is 2.29 bits per heavy atom. The van der Waals surface area contributed by atoms with Gasteiger partial charge in [0.2, 0.25) is 0 Å². The van der Waals surface area contributed by atoms with E-state index in [9.17, 15) is 4.39 Å². The summed E-state index contributed by atoms with van der Waals surface area (Å²) in [5.74, 6) is -0.304. The molecule has 0 aliphatic rings. The van der Waals surface area contributed by atoms with Crippen LogP contribution in [0.5, 0.6) is 5.75 Å². The SMILES string of the molecule is COc1c(F)c(CC#N)cc(C)c1Br. The van der Waals surface area contributed by atoms with Crippen molar-refractivity contribution in [1.82, 2.24) is 0 Å². The van der Waals surface area contributed by atoms with Crippen molar-refractivity contribution < 1.29 is 9.13 Å². The first-order chi connectivity index (χ1) is 6.61. The molecule has 0 spiro atoms. The first-order valence-corrected chi connectivity index (χ1v) is 4.79. The Hall–Kier alpha value is -1.08. The van der Waals surface area contributed by atoms with E-state index >= 15 is 0 Å². The second-order valence-corrected chi connectivity index (χ2v) is 3.64. The van der Waals surface area contributed by atoms with E-state index in [4.69, 9.17) is 10.00 Å². The third-order valence-electron chi connectivity index (χ3n) is 1.89. The van der Waals surface area contributed by atoms with Crippen molar-refractivity contribution in [2.75, 3.05) is 7.11 Å². The Morgan fingerprint density at radius 3 is 2.79 bits per heavy atom.